The number of nitrogens with one attached hydrogen (secondary N) is 2. The van der Waals surface area contributed by atoms with Crippen LogP contribution in [0.5, 0.6) is 0 Å². The van der Waals surface area contributed by atoms with Crippen LogP contribution in [0, 0.1) is 13.8 Å². The van der Waals surface area contributed by atoms with Gasteiger partial charge >= 0.3 is 5.97 Å². The number of likely N-dealkylation sites (N-methyl/N-ethyl adjacent to an activating group) is 1. The number of carbonyl (C=O) groups is 3. The second-order valence-electron chi connectivity index (χ2n) is 6.85. The maximum atomic E-state index is 12.8. The van der Waals surface area contributed by atoms with Crippen molar-refractivity contribution < 1.29 is 19.1 Å². The number of aromatic amines is 1. The number of H-pyrrole nitrogens is 1. The van der Waals surface area contributed by atoms with Gasteiger partial charge in [0.25, 0.3) is 11.7 Å². The molecule has 0 bridgehead atoms. The summed E-state index contributed by atoms with van der Waals surface area (Å²) in [6, 6.07) is 7.42. The van der Waals surface area contributed by atoms with Crippen molar-refractivity contribution >= 4 is 17.7 Å². The summed E-state index contributed by atoms with van der Waals surface area (Å²) in [6.07, 6.45) is 0. The highest BCUT2D eigenvalue weighted by Crippen LogP contribution is 2.31. The van der Waals surface area contributed by atoms with Gasteiger partial charge in [0.05, 0.1) is 12.2 Å². The van der Waals surface area contributed by atoms with Gasteiger partial charge in [-0.1, -0.05) is 29.8 Å². The topological polar surface area (TPSA) is 91.5 Å². The monoisotopic (exact) mass is 385 g/mol. The van der Waals surface area contributed by atoms with Crippen LogP contribution < -0.4 is 5.32 Å². The van der Waals surface area contributed by atoms with Gasteiger partial charge in [0, 0.05) is 24.3 Å². The summed E-state index contributed by atoms with van der Waals surface area (Å²) in [6.45, 7) is 6.53. The summed E-state index contributed by atoms with van der Waals surface area (Å²) in [5.74, 6) is -1.96. The van der Waals surface area contributed by atoms with Gasteiger partial charge in [-0.25, -0.2) is 4.79 Å². The van der Waals surface area contributed by atoms with Crippen LogP contribution in [0.4, 0.5) is 0 Å². The van der Waals surface area contributed by atoms with Crippen LogP contribution in [0.15, 0.2) is 24.3 Å². The predicted octanol–water partition coefficient (Wildman–Crippen LogP) is 2.34. The quantitative estimate of drug-likeness (QED) is 0.413. The molecule has 2 N–H and O–H groups in total. The summed E-state index contributed by atoms with van der Waals surface area (Å²) in [5, 5.41) is 2.62. The summed E-state index contributed by atoms with van der Waals surface area (Å²) in [5.41, 5.74) is 2.95. The normalized spacial score (nSPS) is 10.8. The van der Waals surface area contributed by atoms with Crippen LogP contribution in [-0.4, -0.2) is 61.3 Å². The van der Waals surface area contributed by atoms with E-state index in [1.54, 1.807) is 13.8 Å². The lowest BCUT2D eigenvalue weighted by atomic mass is 9.97. The van der Waals surface area contributed by atoms with Crippen molar-refractivity contribution in [3.63, 3.8) is 0 Å². The number of hydrogen-bond donors (Lipinski definition) is 2. The van der Waals surface area contributed by atoms with E-state index in [9.17, 15) is 14.4 Å². The summed E-state index contributed by atoms with van der Waals surface area (Å²) in [4.78, 5) is 42.5. The van der Waals surface area contributed by atoms with Gasteiger partial charge in [-0.05, 0) is 40.4 Å². The van der Waals surface area contributed by atoms with E-state index >= 15 is 0 Å². The van der Waals surface area contributed by atoms with Gasteiger partial charge in [0.15, 0.2) is 0 Å². The number of ketones is 1. The summed E-state index contributed by atoms with van der Waals surface area (Å²) >= 11 is 0. The molecule has 28 heavy (non-hydrogen) atoms. The molecule has 1 aromatic carbocycles. The molecule has 0 atom stereocenters. The van der Waals surface area contributed by atoms with Gasteiger partial charge in [-0.15, -0.1) is 0 Å². The number of rotatable bonds is 8. The van der Waals surface area contributed by atoms with Crippen molar-refractivity contribution in [3.05, 3.63) is 46.8 Å². The lowest BCUT2D eigenvalue weighted by Crippen LogP contribution is -2.36. The second kappa shape index (κ2) is 9.32. The third-order valence-electron chi connectivity index (χ3n) is 4.29. The molecule has 0 radical (unpaired) electrons. The number of hydrogen-bond acceptors (Lipinski definition) is 5. The Morgan fingerprint density at radius 1 is 1.11 bits per heavy atom. The van der Waals surface area contributed by atoms with Gasteiger partial charge in [0.2, 0.25) is 0 Å². The molecule has 0 aliphatic heterocycles. The molecule has 7 heteroatoms. The fourth-order valence-electron chi connectivity index (χ4n) is 2.85. The average Bonchev–Trinajstić information content (AvgIpc) is 2.98. The molecule has 1 amide bonds. The Bertz CT molecular complexity index is 867. The molecule has 0 saturated heterocycles. The molecule has 0 aliphatic rings. The largest absolute Gasteiger partial charge is 0.462 e. The van der Waals surface area contributed by atoms with E-state index in [4.69, 9.17) is 4.74 Å². The van der Waals surface area contributed by atoms with Crippen molar-refractivity contribution in [2.75, 3.05) is 33.8 Å². The van der Waals surface area contributed by atoms with Gasteiger partial charge < -0.3 is 19.9 Å². The number of ether oxygens (including phenoxy) is 1. The van der Waals surface area contributed by atoms with Crippen molar-refractivity contribution in [1.82, 2.24) is 15.2 Å². The first-order chi connectivity index (χ1) is 13.3. The Kier molecular flexibility index (Phi) is 7.12. The van der Waals surface area contributed by atoms with Crippen LogP contribution >= 0.6 is 0 Å². The Labute approximate surface area is 165 Å². The van der Waals surface area contributed by atoms with Crippen LogP contribution in [0.25, 0.3) is 11.1 Å². The predicted molar refractivity (Wildman–Crippen MR) is 108 cm³/mol. The first-order valence-corrected chi connectivity index (χ1v) is 9.20. The van der Waals surface area contributed by atoms with Crippen LogP contribution in [-0.2, 0) is 9.53 Å². The van der Waals surface area contributed by atoms with Crippen molar-refractivity contribution in [2.24, 2.45) is 0 Å². The number of Topliss-reactive ketones (excluding diaryl/α,β-unsaturated/α-hetero) is 1. The molecule has 0 fully saturated rings. The molecule has 0 unspecified atom stereocenters. The summed E-state index contributed by atoms with van der Waals surface area (Å²) < 4.78 is 5.16. The van der Waals surface area contributed by atoms with Gasteiger partial charge in [0.1, 0.15) is 5.69 Å². The molecular weight excluding hydrogens is 358 g/mol. The second-order valence-corrected chi connectivity index (χ2v) is 6.85. The van der Waals surface area contributed by atoms with E-state index in [1.807, 2.05) is 50.2 Å². The standard InChI is InChI=1S/C21H27N3O4/c1-6-28-21(27)16-14(3)23-18(17(16)15-9-7-13(2)8-10-15)19(25)20(26)22-11-12-24(4)5/h7-10,23H,6,11-12H2,1-5H3,(H,22,26). The fraction of sp³-hybridized carbons (Fsp3) is 0.381. The Hall–Kier alpha value is -2.93. The summed E-state index contributed by atoms with van der Waals surface area (Å²) in [7, 11) is 3.76. The highest BCUT2D eigenvalue weighted by molar-refractivity contribution is 6.43. The van der Waals surface area contributed by atoms with Crippen molar-refractivity contribution in [1.29, 1.82) is 0 Å². The van der Waals surface area contributed by atoms with Crippen LogP contribution in [0.3, 0.4) is 0 Å². The third kappa shape index (κ3) is 4.86. The number of benzene rings is 1. The lowest BCUT2D eigenvalue weighted by molar-refractivity contribution is -0.117. The maximum absolute atomic E-state index is 12.8. The number of aryl methyl sites for hydroxylation is 2. The van der Waals surface area contributed by atoms with Crippen LogP contribution in [0.2, 0.25) is 0 Å². The minimum Gasteiger partial charge on any atom is -0.462 e. The van der Waals surface area contributed by atoms with E-state index in [0.29, 0.717) is 29.9 Å². The molecule has 1 aromatic heterocycles. The van der Waals surface area contributed by atoms with Gasteiger partial charge in [-0.2, -0.15) is 0 Å². The Morgan fingerprint density at radius 2 is 1.75 bits per heavy atom. The molecule has 1 heterocycles. The van der Waals surface area contributed by atoms with Crippen molar-refractivity contribution in [2.45, 2.75) is 20.8 Å². The Balaban J connectivity index is 2.47. The van der Waals surface area contributed by atoms with E-state index < -0.39 is 17.7 Å². The highest BCUT2D eigenvalue weighted by Gasteiger charge is 2.29. The number of esters is 1. The van der Waals surface area contributed by atoms with E-state index in [1.165, 1.54) is 0 Å². The van der Waals surface area contributed by atoms with Crippen molar-refractivity contribution in [3.8, 4) is 11.1 Å². The number of nitrogens with zero attached hydrogens (tertiary/aromatic N) is 1. The lowest BCUT2D eigenvalue weighted by Gasteiger charge is -2.11. The zero-order chi connectivity index (χ0) is 20.8. The first-order valence-electron chi connectivity index (χ1n) is 9.20. The molecule has 2 rings (SSSR count). The minimum absolute atomic E-state index is 0.0896. The fourth-order valence-corrected chi connectivity index (χ4v) is 2.85. The first kappa shape index (κ1) is 21.4. The average molecular weight is 385 g/mol. The van der Waals surface area contributed by atoms with Crippen LogP contribution in [0.1, 0.15) is 39.0 Å². The van der Waals surface area contributed by atoms with Gasteiger partial charge in [-0.3, -0.25) is 9.59 Å². The highest BCUT2D eigenvalue weighted by atomic mass is 16.5. The molecular formula is C21H27N3O4. The molecule has 150 valence electrons. The number of carbonyl (C=O) groups excluding carboxylic acids is 3. The molecule has 0 saturated carbocycles. The molecule has 0 spiro atoms. The molecule has 7 nitrogen and oxygen atoms in total. The minimum atomic E-state index is -0.716. The Morgan fingerprint density at radius 3 is 2.32 bits per heavy atom. The number of aromatic nitrogens is 1. The molecule has 2 aromatic rings. The zero-order valence-corrected chi connectivity index (χ0v) is 17.0. The van der Waals surface area contributed by atoms with E-state index in [2.05, 4.69) is 10.3 Å². The third-order valence-corrected chi connectivity index (χ3v) is 4.29. The van der Waals surface area contributed by atoms with E-state index in [-0.39, 0.29) is 17.9 Å². The molecule has 0 aliphatic carbocycles. The number of amides is 1. The SMILES string of the molecule is CCOC(=O)c1c(C)[nH]c(C(=O)C(=O)NCCN(C)C)c1-c1ccc(C)cc1. The van der Waals surface area contributed by atoms with E-state index in [0.717, 1.165) is 5.56 Å². The maximum Gasteiger partial charge on any atom is 0.340 e. The smallest absolute Gasteiger partial charge is 0.340 e. The zero-order valence-electron chi connectivity index (χ0n) is 17.0.